The topological polar surface area (TPSA) is 52.6 Å². The van der Waals surface area contributed by atoms with Gasteiger partial charge in [0, 0.05) is 44.3 Å². The zero-order chi connectivity index (χ0) is 18.6. The Kier molecular flexibility index (Phi) is 5.48. The molecule has 2 aliphatic rings. The molecule has 0 radical (unpaired) electrons. The van der Waals surface area contributed by atoms with E-state index >= 15 is 0 Å². The second-order valence-electron chi connectivity index (χ2n) is 7.20. The van der Waals surface area contributed by atoms with Crippen LogP contribution < -0.4 is 15.5 Å². The van der Waals surface area contributed by atoms with Crippen LogP contribution in [0.3, 0.4) is 0 Å². The second-order valence-corrected chi connectivity index (χ2v) is 7.61. The molecule has 1 saturated heterocycles. The molecule has 2 aromatic rings. The molecule has 0 spiro atoms. The van der Waals surface area contributed by atoms with Crippen molar-refractivity contribution in [1.29, 1.82) is 0 Å². The van der Waals surface area contributed by atoms with Crippen LogP contribution in [0.5, 0.6) is 0 Å². The molecule has 1 aromatic heterocycles. The van der Waals surface area contributed by atoms with Gasteiger partial charge in [-0.1, -0.05) is 35.9 Å². The average Bonchev–Trinajstić information content (AvgIpc) is 3.11. The minimum Gasteiger partial charge on any atom is -0.357 e. The van der Waals surface area contributed by atoms with Crippen molar-refractivity contribution in [3.8, 4) is 0 Å². The van der Waals surface area contributed by atoms with Crippen molar-refractivity contribution >= 4 is 23.4 Å². The molecule has 1 aliphatic carbocycles. The normalized spacial score (nSPS) is 21.6. The quantitative estimate of drug-likeness (QED) is 0.615. The Morgan fingerprint density at radius 1 is 1.30 bits per heavy atom. The highest BCUT2D eigenvalue weighted by molar-refractivity contribution is 6.32. The maximum absolute atomic E-state index is 6.30. The van der Waals surface area contributed by atoms with E-state index in [9.17, 15) is 0 Å². The highest BCUT2D eigenvalue weighted by atomic mass is 35.5. The predicted octanol–water partition coefficient (Wildman–Crippen LogP) is 3.21. The van der Waals surface area contributed by atoms with Gasteiger partial charge in [-0.25, -0.2) is 4.98 Å². The number of rotatable bonds is 5. The fraction of sp³-hybridized carbons (Fsp3) is 0.429. The lowest BCUT2D eigenvalue weighted by molar-refractivity contribution is 0.605. The van der Waals surface area contributed by atoms with Crippen LogP contribution >= 0.6 is 11.6 Å². The van der Waals surface area contributed by atoms with E-state index < -0.39 is 0 Å². The molecule has 5 nitrogen and oxygen atoms in total. The highest BCUT2D eigenvalue weighted by Gasteiger charge is 2.27. The Balaban J connectivity index is 1.36. The largest absolute Gasteiger partial charge is 0.357 e. The molecule has 2 unspecified atom stereocenters. The van der Waals surface area contributed by atoms with Crippen molar-refractivity contribution in [2.24, 2.45) is 4.99 Å². The first-order valence-electron chi connectivity index (χ1n) is 9.72. The predicted molar refractivity (Wildman–Crippen MR) is 112 cm³/mol. The summed E-state index contributed by atoms with van der Waals surface area (Å²) in [4.78, 5) is 11.5. The van der Waals surface area contributed by atoms with Crippen LogP contribution in [-0.4, -0.2) is 43.2 Å². The first-order valence-corrected chi connectivity index (χ1v) is 10.1. The Morgan fingerprint density at radius 3 is 3.00 bits per heavy atom. The summed E-state index contributed by atoms with van der Waals surface area (Å²) in [6.07, 6.45) is 3.97. The third kappa shape index (κ3) is 4.03. The maximum atomic E-state index is 6.30. The molecule has 0 saturated carbocycles. The maximum Gasteiger partial charge on any atom is 0.191 e. The van der Waals surface area contributed by atoms with Crippen LogP contribution in [0.2, 0.25) is 5.02 Å². The van der Waals surface area contributed by atoms with Crippen LogP contribution in [-0.2, 0) is 6.42 Å². The second kappa shape index (κ2) is 8.17. The van der Waals surface area contributed by atoms with Crippen LogP contribution in [0.4, 0.5) is 5.82 Å². The smallest absolute Gasteiger partial charge is 0.191 e. The van der Waals surface area contributed by atoms with E-state index in [0.29, 0.717) is 17.0 Å². The number of anilines is 1. The van der Waals surface area contributed by atoms with Gasteiger partial charge in [0.25, 0.3) is 0 Å². The summed E-state index contributed by atoms with van der Waals surface area (Å²) in [5, 5.41) is 7.68. The molecule has 4 rings (SSSR count). The number of guanidine groups is 1. The van der Waals surface area contributed by atoms with E-state index in [0.717, 1.165) is 50.8 Å². The van der Waals surface area contributed by atoms with Gasteiger partial charge in [0.1, 0.15) is 5.82 Å². The Morgan fingerprint density at radius 2 is 2.19 bits per heavy atom. The van der Waals surface area contributed by atoms with Gasteiger partial charge in [-0.2, -0.15) is 0 Å². The average molecular weight is 384 g/mol. The van der Waals surface area contributed by atoms with Crippen LogP contribution in [0, 0.1) is 0 Å². The fourth-order valence-electron chi connectivity index (χ4n) is 3.92. The first kappa shape index (κ1) is 18.1. The number of pyridine rings is 1. The Hall–Kier alpha value is -2.27. The number of hydrogen-bond donors (Lipinski definition) is 2. The number of nitrogens with zero attached hydrogens (tertiary/aromatic N) is 3. The van der Waals surface area contributed by atoms with Gasteiger partial charge in [-0.3, -0.25) is 4.99 Å². The molecule has 2 N–H and O–H groups in total. The van der Waals surface area contributed by atoms with Crippen molar-refractivity contribution in [1.82, 2.24) is 15.6 Å². The first-order chi connectivity index (χ1) is 13.2. The molecule has 1 aliphatic heterocycles. The van der Waals surface area contributed by atoms with Crippen LogP contribution in [0.1, 0.15) is 30.4 Å². The molecule has 142 valence electrons. The lowest BCUT2D eigenvalue weighted by Crippen LogP contribution is -2.45. The van der Waals surface area contributed by atoms with Gasteiger partial charge in [-0.15, -0.1) is 0 Å². The van der Waals surface area contributed by atoms with Crippen molar-refractivity contribution in [2.45, 2.75) is 31.7 Å². The summed E-state index contributed by atoms with van der Waals surface area (Å²) < 4.78 is 0. The number of fused-ring (bicyclic) bond motifs is 1. The van der Waals surface area contributed by atoms with E-state index in [2.05, 4.69) is 51.7 Å². The van der Waals surface area contributed by atoms with Crippen LogP contribution in [0.15, 0.2) is 47.6 Å². The van der Waals surface area contributed by atoms with Gasteiger partial charge in [0.15, 0.2) is 5.96 Å². The minimum atomic E-state index is 0.342. The minimum absolute atomic E-state index is 0.342. The molecule has 0 bridgehead atoms. The number of nitrogens with one attached hydrogen (secondary N) is 2. The van der Waals surface area contributed by atoms with Crippen molar-refractivity contribution < 1.29 is 0 Å². The van der Waals surface area contributed by atoms with Crippen molar-refractivity contribution in [3.63, 3.8) is 0 Å². The zero-order valence-electron chi connectivity index (χ0n) is 15.7. The van der Waals surface area contributed by atoms with Crippen molar-refractivity contribution in [2.75, 3.05) is 31.1 Å². The van der Waals surface area contributed by atoms with Gasteiger partial charge in [0.2, 0.25) is 0 Å². The van der Waals surface area contributed by atoms with E-state index in [4.69, 9.17) is 16.6 Å². The molecule has 0 amide bonds. The molecule has 2 atom stereocenters. The van der Waals surface area contributed by atoms with E-state index in [1.54, 1.807) is 6.20 Å². The van der Waals surface area contributed by atoms with E-state index in [1.807, 2.05) is 12.1 Å². The third-order valence-electron chi connectivity index (χ3n) is 5.34. The molecular formula is C21H26ClN5. The van der Waals surface area contributed by atoms with Gasteiger partial charge >= 0.3 is 0 Å². The molecule has 2 heterocycles. The number of aromatic nitrogens is 1. The fourth-order valence-corrected chi connectivity index (χ4v) is 4.16. The summed E-state index contributed by atoms with van der Waals surface area (Å²) in [6.45, 7) is 5.62. The summed E-state index contributed by atoms with van der Waals surface area (Å²) in [7, 11) is 0. The number of benzene rings is 1. The monoisotopic (exact) mass is 383 g/mol. The van der Waals surface area contributed by atoms with Gasteiger partial charge < -0.3 is 15.5 Å². The Labute approximate surface area is 165 Å². The molecule has 27 heavy (non-hydrogen) atoms. The standard InChI is InChI=1S/C21H26ClN5/c1-2-23-21(25-13-16-12-15-6-3-4-7-18(15)16)26-17-9-11-27(14-17)20-19(22)8-5-10-24-20/h3-8,10,16-17H,2,9,11-14H2,1H3,(H2,23,25,26). The molecular weight excluding hydrogens is 358 g/mol. The zero-order valence-corrected chi connectivity index (χ0v) is 16.4. The Bertz CT molecular complexity index is 822. The summed E-state index contributed by atoms with van der Waals surface area (Å²) in [6, 6.07) is 12.8. The molecule has 1 aromatic carbocycles. The lowest BCUT2D eigenvalue weighted by atomic mass is 9.78. The number of halogens is 1. The lowest BCUT2D eigenvalue weighted by Gasteiger charge is -2.29. The van der Waals surface area contributed by atoms with Gasteiger partial charge in [0.05, 0.1) is 5.02 Å². The highest BCUT2D eigenvalue weighted by Crippen LogP contribution is 2.34. The third-order valence-corrected chi connectivity index (χ3v) is 5.64. The van der Waals surface area contributed by atoms with E-state index in [1.165, 1.54) is 11.1 Å². The van der Waals surface area contributed by atoms with Crippen molar-refractivity contribution in [3.05, 3.63) is 58.7 Å². The van der Waals surface area contributed by atoms with Gasteiger partial charge in [-0.05, 0) is 43.0 Å². The summed E-state index contributed by atoms with van der Waals surface area (Å²) in [5.74, 6) is 2.32. The summed E-state index contributed by atoms with van der Waals surface area (Å²) in [5.41, 5.74) is 2.92. The number of aliphatic imine (C=N–C) groups is 1. The van der Waals surface area contributed by atoms with Crippen LogP contribution in [0.25, 0.3) is 0 Å². The van der Waals surface area contributed by atoms with E-state index in [-0.39, 0.29) is 0 Å². The number of hydrogen-bond acceptors (Lipinski definition) is 3. The summed E-state index contributed by atoms with van der Waals surface area (Å²) >= 11 is 6.30. The molecule has 1 fully saturated rings. The SMILES string of the molecule is CCNC(=NCC1Cc2ccccc21)NC1CCN(c2ncccc2Cl)C1. The molecule has 6 heteroatoms.